The molecular weight excluding hydrogens is 336 g/mol. The monoisotopic (exact) mass is 370 g/mol. The maximum atomic E-state index is 11.9. The highest BCUT2D eigenvalue weighted by atomic mass is 16.2. The summed E-state index contributed by atoms with van der Waals surface area (Å²) < 4.78 is 0. The van der Waals surface area contributed by atoms with Crippen molar-refractivity contribution >= 4 is 17.9 Å². The van der Waals surface area contributed by atoms with E-state index in [-0.39, 0.29) is 11.3 Å². The maximum absolute atomic E-state index is 11.9. The molecule has 2 rings (SSSR count). The third kappa shape index (κ3) is 7.08. The highest BCUT2D eigenvalue weighted by Crippen LogP contribution is 2.19. The number of guanidine groups is 1. The van der Waals surface area contributed by atoms with Gasteiger partial charge in [-0.2, -0.15) is 0 Å². The summed E-state index contributed by atoms with van der Waals surface area (Å²) in [5.41, 5.74) is 2.41. The van der Waals surface area contributed by atoms with Gasteiger partial charge in [-0.15, -0.1) is 0 Å². The van der Waals surface area contributed by atoms with E-state index in [4.69, 9.17) is 4.99 Å². The van der Waals surface area contributed by atoms with Crippen molar-refractivity contribution in [3.8, 4) is 0 Å². The molecule has 0 aliphatic carbocycles. The van der Waals surface area contributed by atoms with Crippen molar-refractivity contribution in [1.29, 1.82) is 0 Å². The average Bonchev–Trinajstić information content (AvgIpc) is 2.65. The van der Waals surface area contributed by atoms with Gasteiger partial charge in [0.15, 0.2) is 5.96 Å². The SMILES string of the molecule is CCNC(=NCCNC(=O)C(C)(C)C)N1CCC(=Cc2ccccc2)CC1. The molecule has 0 saturated carbocycles. The van der Waals surface area contributed by atoms with Crippen LogP contribution >= 0.6 is 0 Å². The number of likely N-dealkylation sites (tertiary alicyclic amines) is 1. The van der Waals surface area contributed by atoms with Gasteiger partial charge in [-0.05, 0) is 25.3 Å². The normalized spacial score (nSPS) is 15.5. The molecule has 1 fully saturated rings. The predicted molar refractivity (Wildman–Crippen MR) is 114 cm³/mol. The summed E-state index contributed by atoms with van der Waals surface area (Å²) in [6.07, 6.45) is 4.42. The summed E-state index contributed by atoms with van der Waals surface area (Å²) >= 11 is 0. The Bertz CT molecular complexity index is 649. The van der Waals surface area contributed by atoms with Crippen LogP contribution in [0, 0.1) is 5.41 Å². The third-order valence-electron chi connectivity index (χ3n) is 4.55. The summed E-state index contributed by atoms with van der Waals surface area (Å²) in [6, 6.07) is 10.5. The van der Waals surface area contributed by atoms with Crippen molar-refractivity contribution in [1.82, 2.24) is 15.5 Å². The number of nitrogens with zero attached hydrogens (tertiary/aromatic N) is 2. The highest BCUT2D eigenvalue weighted by Gasteiger charge is 2.20. The minimum atomic E-state index is -0.359. The van der Waals surface area contributed by atoms with E-state index in [2.05, 4.69) is 52.8 Å². The molecule has 0 unspecified atom stereocenters. The Morgan fingerprint density at radius 2 is 1.81 bits per heavy atom. The average molecular weight is 371 g/mol. The number of aliphatic imine (C=N–C) groups is 1. The van der Waals surface area contributed by atoms with Crippen molar-refractivity contribution in [2.45, 2.75) is 40.5 Å². The molecule has 1 amide bonds. The van der Waals surface area contributed by atoms with E-state index in [0.29, 0.717) is 13.1 Å². The molecule has 0 radical (unpaired) electrons. The fourth-order valence-electron chi connectivity index (χ4n) is 2.96. The number of hydrogen-bond donors (Lipinski definition) is 2. The molecule has 1 aliphatic heterocycles. The van der Waals surface area contributed by atoms with Gasteiger partial charge < -0.3 is 15.5 Å². The molecule has 1 heterocycles. The predicted octanol–water partition coefficient (Wildman–Crippen LogP) is 3.29. The van der Waals surface area contributed by atoms with Gasteiger partial charge in [0.2, 0.25) is 5.91 Å². The van der Waals surface area contributed by atoms with E-state index < -0.39 is 0 Å². The first-order chi connectivity index (χ1) is 12.9. The number of nitrogens with one attached hydrogen (secondary N) is 2. The quantitative estimate of drug-likeness (QED) is 0.475. The number of carbonyl (C=O) groups excluding carboxylic acids is 1. The maximum Gasteiger partial charge on any atom is 0.225 e. The second-order valence-corrected chi connectivity index (χ2v) is 7.94. The van der Waals surface area contributed by atoms with Crippen LogP contribution in [0.25, 0.3) is 6.08 Å². The van der Waals surface area contributed by atoms with Gasteiger partial charge in [-0.1, -0.05) is 62.8 Å². The third-order valence-corrected chi connectivity index (χ3v) is 4.55. The molecule has 0 spiro atoms. The molecule has 27 heavy (non-hydrogen) atoms. The molecule has 1 aromatic carbocycles. The van der Waals surface area contributed by atoms with E-state index in [1.54, 1.807) is 0 Å². The zero-order valence-corrected chi connectivity index (χ0v) is 17.2. The summed E-state index contributed by atoms with van der Waals surface area (Å²) in [5.74, 6) is 1.01. The fourth-order valence-corrected chi connectivity index (χ4v) is 2.96. The first-order valence-corrected chi connectivity index (χ1v) is 9.96. The fraction of sp³-hybridized carbons (Fsp3) is 0.545. The van der Waals surface area contributed by atoms with Crippen LogP contribution in [0.5, 0.6) is 0 Å². The van der Waals surface area contributed by atoms with Crippen LogP contribution in [-0.4, -0.2) is 49.5 Å². The molecule has 0 bridgehead atoms. The molecule has 2 N–H and O–H groups in total. The molecular formula is C22H34N4O. The zero-order chi connectivity index (χ0) is 19.7. The van der Waals surface area contributed by atoms with Crippen molar-refractivity contribution in [2.75, 3.05) is 32.7 Å². The van der Waals surface area contributed by atoms with E-state index in [1.165, 1.54) is 11.1 Å². The van der Waals surface area contributed by atoms with Gasteiger partial charge in [0, 0.05) is 31.6 Å². The molecule has 1 aromatic rings. The Morgan fingerprint density at radius 1 is 1.15 bits per heavy atom. The van der Waals surface area contributed by atoms with Crippen LogP contribution in [0.15, 0.2) is 40.9 Å². The lowest BCUT2D eigenvalue weighted by atomic mass is 9.96. The van der Waals surface area contributed by atoms with Gasteiger partial charge in [0.1, 0.15) is 0 Å². The van der Waals surface area contributed by atoms with Crippen LogP contribution in [0.2, 0.25) is 0 Å². The van der Waals surface area contributed by atoms with E-state index >= 15 is 0 Å². The Hall–Kier alpha value is -2.30. The molecule has 5 nitrogen and oxygen atoms in total. The number of benzene rings is 1. The standard InChI is InChI=1S/C22H34N4O/c1-5-23-21(25-14-13-24-20(27)22(2,3)4)26-15-11-19(12-16-26)17-18-9-7-6-8-10-18/h6-10,17H,5,11-16H2,1-4H3,(H,23,25)(H,24,27). The second kappa shape index (κ2) is 10.1. The second-order valence-electron chi connectivity index (χ2n) is 7.94. The van der Waals surface area contributed by atoms with Crippen LogP contribution in [0.1, 0.15) is 46.1 Å². The highest BCUT2D eigenvalue weighted by molar-refractivity contribution is 5.82. The summed E-state index contributed by atoms with van der Waals surface area (Å²) in [6.45, 7) is 11.8. The van der Waals surface area contributed by atoms with Crippen LogP contribution in [0.4, 0.5) is 0 Å². The van der Waals surface area contributed by atoms with Crippen molar-refractivity contribution in [3.05, 3.63) is 41.5 Å². The van der Waals surface area contributed by atoms with Crippen molar-refractivity contribution in [3.63, 3.8) is 0 Å². The van der Waals surface area contributed by atoms with E-state index in [0.717, 1.165) is 38.4 Å². The van der Waals surface area contributed by atoms with Gasteiger partial charge in [-0.3, -0.25) is 9.79 Å². The van der Waals surface area contributed by atoms with Gasteiger partial charge in [0.05, 0.1) is 6.54 Å². The number of carbonyl (C=O) groups is 1. The minimum absolute atomic E-state index is 0.0661. The number of amides is 1. The summed E-state index contributed by atoms with van der Waals surface area (Å²) in [7, 11) is 0. The van der Waals surface area contributed by atoms with Gasteiger partial charge in [-0.25, -0.2) is 0 Å². The molecule has 5 heteroatoms. The minimum Gasteiger partial charge on any atom is -0.357 e. The number of rotatable bonds is 5. The van der Waals surface area contributed by atoms with Crippen LogP contribution < -0.4 is 10.6 Å². The summed E-state index contributed by atoms with van der Waals surface area (Å²) in [5, 5.41) is 6.33. The Kier molecular flexibility index (Phi) is 7.89. The van der Waals surface area contributed by atoms with E-state index in [9.17, 15) is 4.79 Å². The molecule has 1 saturated heterocycles. The summed E-state index contributed by atoms with van der Waals surface area (Å²) in [4.78, 5) is 18.9. The molecule has 0 atom stereocenters. The number of piperidine rings is 1. The number of hydrogen-bond acceptors (Lipinski definition) is 2. The topological polar surface area (TPSA) is 56.7 Å². The molecule has 148 valence electrons. The van der Waals surface area contributed by atoms with E-state index in [1.807, 2.05) is 26.8 Å². The Morgan fingerprint density at radius 3 is 2.41 bits per heavy atom. The first-order valence-electron chi connectivity index (χ1n) is 9.96. The van der Waals surface area contributed by atoms with Gasteiger partial charge >= 0.3 is 0 Å². The molecule has 0 aromatic heterocycles. The van der Waals surface area contributed by atoms with Gasteiger partial charge in [0.25, 0.3) is 0 Å². The lowest BCUT2D eigenvalue weighted by Crippen LogP contribution is -2.45. The Labute approximate surface area is 163 Å². The van der Waals surface area contributed by atoms with Crippen molar-refractivity contribution in [2.24, 2.45) is 10.4 Å². The zero-order valence-electron chi connectivity index (χ0n) is 17.2. The lowest BCUT2D eigenvalue weighted by Gasteiger charge is -2.31. The molecule has 1 aliphatic rings. The Balaban J connectivity index is 1.86. The van der Waals surface area contributed by atoms with Crippen LogP contribution in [0.3, 0.4) is 0 Å². The largest absolute Gasteiger partial charge is 0.357 e. The first kappa shape index (κ1) is 21.0. The van der Waals surface area contributed by atoms with Crippen molar-refractivity contribution < 1.29 is 4.79 Å². The smallest absolute Gasteiger partial charge is 0.225 e. The van der Waals surface area contributed by atoms with Crippen LogP contribution in [-0.2, 0) is 4.79 Å². The lowest BCUT2D eigenvalue weighted by molar-refractivity contribution is -0.128.